The number of benzene rings is 1. The summed E-state index contributed by atoms with van der Waals surface area (Å²) in [5.74, 6) is -6.57. The van der Waals surface area contributed by atoms with E-state index in [-0.39, 0.29) is 29.7 Å². The van der Waals surface area contributed by atoms with Gasteiger partial charge in [0.05, 0.1) is 11.6 Å². The SMILES string of the molecule is CN(C)[C@@H]1C(=O)C(C(N)=O)=C(O)[C@@]2(O)C(=O)C3=C(O)c4c(O)cc(Cc5ccncc5)cc4C[C@H]3C[C@@H]12. The Morgan fingerprint density at radius 3 is 2.43 bits per heavy atom. The molecule has 4 atom stereocenters. The highest BCUT2D eigenvalue weighted by Crippen LogP contribution is 2.52. The fourth-order valence-corrected chi connectivity index (χ4v) is 6.17. The van der Waals surface area contributed by atoms with E-state index in [4.69, 9.17) is 5.73 Å². The van der Waals surface area contributed by atoms with Crippen LogP contribution in [0.15, 0.2) is 53.6 Å². The number of aliphatic hydroxyl groups excluding tert-OH is 2. The summed E-state index contributed by atoms with van der Waals surface area (Å²) < 4.78 is 0. The lowest BCUT2D eigenvalue weighted by molar-refractivity contribution is -0.153. The van der Waals surface area contributed by atoms with Crippen LogP contribution in [0.1, 0.15) is 28.7 Å². The fraction of sp³-hybridized carbons (Fsp3) is 0.333. The fourth-order valence-electron chi connectivity index (χ4n) is 6.17. The van der Waals surface area contributed by atoms with Crippen LogP contribution < -0.4 is 5.73 Å². The molecule has 6 N–H and O–H groups in total. The van der Waals surface area contributed by atoms with Crippen LogP contribution >= 0.6 is 0 Å². The van der Waals surface area contributed by atoms with Crippen molar-refractivity contribution in [2.45, 2.75) is 30.9 Å². The summed E-state index contributed by atoms with van der Waals surface area (Å²) in [4.78, 5) is 44.4. The Bertz CT molecular complexity index is 1410. The molecule has 1 amide bonds. The molecule has 1 saturated carbocycles. The number of aromatic hydroxyl groups is 1. The minimum Gasteiger partial charge on any atom is -0.508 e. The number of pyridine rings is 1. The first-order valence-corrected chi connectivity index (χ1v) is 11.8. The van der Waals surface area contributed by atoms with Crippen LogP contribution in [-0.2, 0) is 27.2 Å². The van der Waals surface area contributed by atoms with Crippen LogP contribution in [0.3, 0.4) is 0 Å². The van der Waals surface area contributed by atoms with Gasteiger partial charge in [-0.05, 0) is 74.2 Å². The van der Waals surface area contributed by atoms with Crippen molar-refractivity contribution in [2.24, 2.45) is 17.6 Å². The van der Waals surface area contributed by atoms with Gasteiger partial charge >= 0.3 is 0 Å². The largest absolute Gasteiger partial charge is 0.508 e. The lowest BCUT2D eigenvalue weighted by atomic mass is 9.57. The van der Waals surface area contributed by atoms with Crippen molar-refractivity contribution in [1.82, 2.24) is 9.88 Å². The molecule has 192 valence electrons. The number of hydrogen-bond acceptors (Lipinski definition) is 9. The van der Waals surface area contributed by atoms with Crippen molar-refractivity contribution in [3.05, 3.63) is 75.8 Å². The van der Waals surface area contributed by atoms with E-state index in [9.17, 15) is 34.8 Å². The molecule has 1 heterocycles. The van der Waals surface area contributed by atoms with Crippen molar-refractivity contribution >= 4 is 23.2 Å². The van der Waals surface area contributed by atoms with Crippen molar-refractivity contribution in [1.29, 1.82) is 0 Å². The van der Waals surface area contributed by atoms with Crippen LogP contribution in [0.2, 0.25) is 0 Å². The second-order valence-corrected chi connectivity index (χ2v) is 10.1. The van der Waals surface area contributed by atoms with E-state index in [0.717, 1.165) is 11.1 Å². The summed E-state index contributed by atoms with van der Waals surface area (Å²) >= 11 is 0. The van der Waals surface area contributed by atoms with Gasteiger partial charge < -0.3 is 26.2 Å². The summed E-state index contributed by atoms with van der Waals surface area (Å²) in [6, 6.07) is 5.96. The Morgan fingerprint density at radius 1 is 1.14 bits per heavy atom. The molecule has 37 heavy (non-hydrogen) atoms. The Labute approximate surface area is 212 Å². The molecule has 0 unspecified atom stereocenters. The van der Waals surface area contributed by atoms with E-state index in [2.05, 4.69) is 4.98 Å². The monoisotopic (exact) mass is 505 g/mol. The number of nitrogens with zero attached hydrogens (tertiary/aromatic N) is 2. The molecule has 3 aliphatic rings. The maximum absolute atomic E-state index is 13.8. The third-order valence-electron chi connectivity index (χ3n) is 7.75. The molecule has 5 rings (SSSR count). The molecule has 1 fully saturated rings. The number of rotatable bonds is 4. The van der Waals surface area contributed by atoms with Crippen LogP contribution in [0.25, 0.3) is 5.76 Å². The van der Waals surface area contributed by atoms with Gasteiger partial charge in [0.25, 0.3) is 5.91 Å². The Balaban J connectivity index is 1.64. The van der Waals surface area contributed by atoms with Gasteiger partial charge in [-0.25, -0.2) is 0 Å². The van der Waals surface area contributed by atoms with Gasteiger partial charge in [-0.2, -0.15) is 0 Å². The summed E-state index contributed by atoms with van der Waals surface area (Å²) in [6.45, 7) is 0. The summed E-state index contributed by atoms with van der Waals surface area (Å²) in [5, 5.41) is 44.5. The number of phenolic OH excluding ortho intramolecular Hbond substituents is 1. The lowest BCUT2D eigenvalue weighted by Crippen LogP contribution is -2.65. The number of primary amides is 1. The number of nitrogens with two attached hydrogens (primary N) is 1. The number of aliphatic hydroxyl groups is 3. The smallest absolute Gasteiger partial charge is 0.255 e. The van der Waals surface area contributed by atoms with Crippen LogP contribution in [-0.4, -0.2) is 73.5 Å². The Hall–Kier alpha value is -4.02. The van der Waals surface area contributed by atoms with Crippen LogP contribution in [0.4, 0.5) is 0 Å². The van der Waals surface area contributed by atoms with Gasteiger partial charge in [-0.1, -0.05) is 6.07 Å². The topological polar surface area (TPSA) is 174 Å². The molecule has 0 aliphatic heterocycles. The Kier molecular flexibility index (Phi) is 5.69. The van der Waals surface area contributed by atoms with Gasteiger partial charge in [0.2, 0.25) is 5.78 Å². The first-order chi connectivity index (χ1) is 17.5. The van der Waals surface area contributed by atoms with E-state index >= 15 is 0 Å². The third kappa shape index (κ3) is 3.55. The Morgan fingerprint density at radius 2 is 1.81 bits per heavy atom. The zero-order valence-electron chi connectivity index (χ0n) is 20.3. The molecular formula is C27H27N3O7. The van der Waals surface area contributed by atoms with Crippen LogP contribution in [0, 0.1) is 11.8 Å². The highest BCUT2D eigenvalue weighted by atomic mass is 16.3. The van der Waals surface area contributed by atoms with E-state index < -0.39 is 58.0 Å². The first kappa shape index (κ1) is 24.7. The summed E-state index contributed by atoms with van der Waals surface area (Å²) in [6.07, 6.45) is 4.17. The molecule has 10 nitrogen and oxygen atoms in total. The molecular weight excluding hydrogens is 478 g/mol. The molecule has 0 spiro atoms. The maximum atomic E-state index is 13.8. The average molecular weight is 506 g/mol. The molecule has 10 heteroatoms. The number of aromatic nitrogens is 1. The predicted octanol–water partition coefficient (Wildman–Crippen LogP) is 0.950. The number of amides is 1. The second-order valence-electron chi connectivity index (χ2n) is 10.1. The molecule has 0 saturated heterocycles. The highest BCUT2D eigenvalue weighted by Gasteiger charge is 2.64. The van der Waals surface area contributed by atoms with Crippen molar-refractivity contribution in [2.75, 3.05) is 14.1 Å². The number of ketones is 2. The first-order valence-electron chi connectivity index (χ1n) is 11.8. The number of likely N-dealkylation sites (N-methyl/N-ethyl adjacent to an activating group) is 1. The van der Waals surface area contributed by atoms with Gasteiger partial charge in [0.1, 0.15) is 22.8 Å². The number of carbonyl (C=O) groups is 3. The van der Waals surface area contributed by atoms with E-state index in [1.54, 1.807) is 26.5 Å². The van der Waals surface area contributed by atoms with Gasteiger partial charge in [0.15, 0.2) is 11.4 Å². The lowest BCUT2D eigenvalue weighted by Gasteiger charge is -2.50. The molecule has 0 bridgehead atoms. The highest BCUT2D eigenvalue weighted by molar-refractivity contribution is 6.24. The molecule has 2 aromatic rings. The number of phenols is 1. The number of Topliss-reactive ketones (excluding diaryl/α,β-unsaturated/α-hetero) is 2. The summed E-state index contributed by atoms with van der Waals surface area (Å²) in [5.41, 5.74) is 4.17. The van der Waals surface area contributed by atoms with Crippen molar-refractivity contribution in [3.63, 3.8) is 0 Å². The van der Waals surface area contributed by atoms with Gasteiger partial charge in [-0.3, -0.25) is 24.3 Å². The quantitative estimate of drug-likeness (QED) is 0.379. The minimum atomic E-state index is -2.64. The molecule has 0 radical (unpaired) electrons. The van der Waals surface area contributed by atoms with Crippen LogP contribution in [0.5, 0.6) is 5.75 Å². The van der Waals surface area contributed by atoms with Gasteiger partial charge in [0, 0.05) is 23.9 Å². The normalized spacial score (nSPS) is 27.2. The standard InChI is InChI=1S/C27H27N3O7/c1-30(2)21-16-11-15-10-14-8-13(7-12-3-5-29-6-4-12)9-17(31)18(14)22(32)19(15)24(34)27(16,37)25(35)20(23(21)33)26(28)36/h3-6,8-9,15-16,21,31-32,35,37H,7,10-11H2,1-2H3,(H2,28,36)/t15-,16-,21-,27-/m0/s1. The van der Waals surface area contributed by atoms with Gasteiger partial charge in [-0.15, -0.1) is 0 Å². The maximum Gasteiger partial charge on any atom is 0.255 e. The average Bonchev–Trinajstić information content (AvgIpc) is 2.81. The zero-order chi connectivity index (χ0) is 26.8. The number of carbonyl (C=O) groups excluding carboxylic acids is 3. The van der Waals surface area contributed by atoms with E-state index in [0.29, 0.717) is 12.0 Å². The van der Waals surface area contributed by atoms with E-state index in [1.807, 2.05) is 18.2 Å². The van der Waals surface area contributed by atoms with E-state index in [1.165, 1.54) is 11.0 Å². The van der Waals surface area contributed by atoms with Crippen molar-refractivity contribution < 1.29 is 34.8 Å². The molecule has 1 aromatic heterocycles. The third-order valence-corrected chi connectivity index (χ3v) is 7.75. The second kappa shape index (κ2) is 8.53. The molecule has 3 aliphatic carbocycles. The minimum absolute atomic E-state index is 0.0567. The number of hydrogen-bond donors (Lipinski definition) is 5. The zero-order valence-corrected chi connectivity index (χ0v) is 20.3. The predicted molar refractivity (Wildman–Crippen MR) is 131 cm³/mol. The molecule has 1 aromatic carbocycles. The summed E-state index contributed by atoms with van der Waals surface area (Å²) in [7, 11) is 3.13. The number of fused-ring (bicyclic) bond motifs is 3. The van der Waals surface area contributed by atoms with Crippen molar-refractivity contribution in [3.8, 4) is 5.75 Å².